The molecule has 0 radical (unpaired) electrons. The molecule has 0 aromatic heterocycles. The van der Waals surface area contributed by atoms with Crippen LogP contribution in [0.4, 0.5) is 0 Å². The Hall–Kier alpha value is -2.25. The van der Waals surface area contributed by atoms with Crippen molar-refractivity contribution < 1.29 is 24.2 Å². The van der Waals surface area contributed by atoms with Crippen LogP contribution in [0.25, 0.3) is 0 Å². The van der Waals surface area contributed by atoms with E-state index in [0.29, 0.717) is 11.1 Å². The molecule has 4 atom stereocenters. The molecule has 1 aromatic rings. The summed E-state index contributed by atoms with van der Waals surface area (Å²) in [6.45, 7) is -0.00991. The summed E-state index contributed by atoms with van der Waals surface area (Å²) < 4.78 is 5.41. The third kappa shape index (κ3) is 3.22. The van der Waals surface area contributed by atoms with Crippen LogP contribution in [-0.4, -0.2) is 59.0 Å². The van der Waals surface area contributed by atoms with Crippen molar-refractivity contribution in [2.45, 2.75) is 56.3 Å². The van der Waals surface area contributed by atoms with E-state index in [0.717, 1.165) is 32.1 Å². The normalized spacial score (nSPS) is 29.0. The van der Waals surface area contributed by atoms with E-state index in [-0.39, 0.29) is 30.8 Å². The number of β-amino-alcohol motifs (C(OH)–C–C–N with tert-alkyl or cyclic N) is 1. The van der Waals surface area contributed by atoms with Gasteiger partial charge < -0.3 is 20.5 Å². The summed E-state index contributed by atoms with van der Waals surface area (Å²) in [6.07, 6.45) is 3.44. The van der Waals surface area contributed by atoms with E-state index in [1.807, 2.05) is 0 Å². The largest absolute Gasteiger partial charge is 0.388 e. The van der Waals surface area contributed by atoms with Crippen LogP contribution in [0.15, 0.2) is 24.3 Å². The number of aliphatic hydroxyl groups excluding tert-OH is 1. The minimum Gasteiger partial charge on any atom is -0.388 e. The SMILES string of the molecule is NC(=O)c1ccccc1[C@@H](C(=O)N1C[C@H](O)[C@H]2OCC(=O)[C@H]21)C1CCCCC1. The lowest BCUT2D eigenvalue weighted by Crippen LogP contribution is -2.46. The van der Waals surface area contributed by atoms with Gasteiger partial charge in [-0.3, -0.25) is 14.4 Å². The highest BCUT2D eigenvalue weighted by atomic mass is 16.5. The van der Waals surface area contributed by atoms with Gasteiger partial charge in [0.05, 0.1) is 12.5 Å². The number of carbonyl (C=O) groups excluding carboxylic acids is 3. The predicted molar refractivity (Wildman–Crippen MR) is 101 cm³/mol. The maximum Gasteiger partial charge on any atom is 0.249 e. The van der Waals surface area contributed by atoms with Crippen molar-refractivity contribution in [3.05, 3.63) is 35.4 Å². The smallest absolute Gasteiger partial charge is 0.249 e. The van der Waals surface area contributed by atoms with Gasteiger partial charge in [-0.05, 0) is 30.4 Å². The Morgan fingerprint density at radius 1 is 1.18 bits per heavy atom. The lowest BCUT2D eigenvalue weighted by molar-refractivity contribution is -0.139. The Kier molecular flexibility index (Phi) is 5.21. The average molecular weight is 386 g/mol. The van der Waals surface area contributed by atoms with E-state index in [4.69, 9.17) is 10.5 Å². The van der Waals surface area contributed by atoms with Crippen LogP contribution in [0.5, 0.6) is 0 Å². The fourth-order valence-electron chi connectivity index (χ4n) is 5.08. The topological polar surface area (TPSA) is 110 Å². The number of primary amides is 1. The molecule has 1 aromatic carbocycles. The number of rotatable bonds is 4. The molecule has 28 heavy (non-hydrogen) atoms. The first-order chi connectivity index (χ1) is 13.5. The number of Topliss-reactive ketones (excluding diaryl/α,β-unsaturated/α-hetero) is 1. The van der Waals surface area contributed by atoms with Gasteiger partial charge in [-0.15, -0.1) is 0 Å². The molecule has 1 aliphatic carbocycles. The van der Waals surface area contributed by atoms with Gasteiger partial charge in [0.1, 0.15) is 24.9 Å². The number of benzene rings is 1. The molecular weight excluding hydrogens is 360 g/mol. The number of aliphatic hydroxyl groups is 1. The lowest BCUT2D eigenvalue weighted by Gasteiger charge is -2.34. The summed E-state index contributed by atoms with van der Waals surface area (Å²) in [5, 5.41) is 10.3. The fourth-order valence-corrected chi connectivity index (χ4v) is 5.08. The van der Waals surface area contributed by atoms with Crippen molar-refractivity contribution in [3.63, 3.8) is 0 Å². The quantitative estimate of drug-likeness (QED) is 0.802. The Morgan fingerprint density at radius 3 is 2.61 bits per heavy atom. The third-order valence-corrected chi connectivity index (χ3v) is 6.39. The summed E-state index contributed by atoms with van der Waals surface area (Å²) >= 11 is 0. The summed E-state index contributed by atoms with van der Waals surface area (Å²) in [5.74, 6) is -1.44. The van der Waals surface area contributed by atoms with Crippen molar-refractivity contribution >= 4 is 17.6 Å². The zero-order valence-corrected chi connectivity index (χ0v) is 15.8. The van der Waals surface area contributed by atoms with Crippen LogP contribution < -0.4 is 5.73 Å². The summed E-state index contributed by atoms with van der Waals surface area (Å²) in [4.78, 5) is 39.5. The minimum absolute atomic E-state index is 0.0713. The number of ketones is 1. The Morgan fingerprint density at radius 2 is 1.89 bits per heavy atom. The monoisotopic (exact) mass is 386 g/mol. The zero-order chi connectivity index (χ0) is 19.8. The number of nitrogens with zero attached hydrogens (tertiary/aromatic N) is 1. The van der Waals surface area contributed by atoms with E-state index < -0.39 is 30.1 Å². The lowest BCUT2D eigenvalue weighted by atomic mass is 9.74. The maximum absolute atomic E-state index is 13.7. The third-order valence-electron chi connectivity index (χ3n) is 6.39. The molecule has 1 saturated carbocycles. The molecule has 150 valence electrons. The molecule has 7 heteroatoms. The number of nitrogens with two attached hydrogens (primary N) is 1. The first-order valence-electron chi connectivity index (χ1n) is 10.0. The average Bonchev–Trinajstić information content (AvgIpc) is 3.24. The second kappa shape index (κ2) is 7.64. The van der Waals surface area contributed by atoms with Crippen LogP contribution in [-0.2, 0) is 14.3 Å². The highest BCUT2D eigenvalue weighted by Crippen LogP contribution is 2.40. The van der Waals surface area contributed by atoms with E-state index in [2.05, 4.69) is 0 Å². The van der Waals surface area contributed by atoms with Gasteiger partial charge >= 0.3 is 0 Å². The van der Waals surface area contributed by atoms with Crippen LogP contribution >= 0.6 is 0 Å². The van der Waals surface area contributed by atoms with Gasteiger partial charge in [0.15, 0.2) is 5.78 Å². The molecule has 2 aliphatic heterocycles. The second-order valence-corrected chi connectivity index (χ2v) is 8.07. The predicted octanol–water partition coefficient (Wildman–Crippen LogP) is 0.989. The molecule has 2 saturated heterocycles. The van der Waals surface area contributed by atoms with Crippen LogP contribution in [0.3, 0.4) is 0 Å². The first-order valence-corrected chi connectivity index (χ1v) is 10.0. The highest BCUT2D eigenvalue weighted by Gasteiger charge is 2.53. The molecule has 3 aliphatic rings. The molecule has 3 N–H and O–H groups in total. The number of ether oxygens (including phenoxy) is 1. The summed E-state index contributed by atoms with van der Waals surface area (Å²) in [6, 6.07) is 6.22. The maximum atomic E-state index is 13.7. The van der Waals surface area contributed by atoms with Crippen molar-refractivity contribution in [2.24, 2.45) is 11.7 Å². The fraction of sp³-hybridized carbons (Fsp3) is 0.571. The van der Waals surface area contributed by atoms with Gasteiger partial charge in [0, 0.05) is 5.56 Å². The molecule has 2 amide bonds. The summed E-state index contributed by atoms with van der Waals surface area (Å²) in [5.41, 5.74) is 6.55. The zero-order valence-electron chi connectivity index (χ0n) is 15.8. The Labute approximate surface area is 163 Å². The van der Waals surface area contributed by atoms with Gasteiger partial charge in [0.2, 0.25) is 11.8 Å². The molecule has 0 spiro atoms. The second-order valence-electron chi connectivity index (χ2n) is 8.07. The number of hydrogen-bond acceptors (Lipinski definition) is 5. The Balaban J connectivity index is 1.73. The molecule has 0 bridgehead atoms. The molecular formula is C21H26N2O5. The number of amides is 2. The van der Waals surface area contributed by atoms with Gasteiger partial charge in [-0.2, -0.15) is 0 Å². The van der Waals surface area contributed by atoms with E-state index >= 15 is 0 Å². The van der Waals surface area contributed by atoms with Gasteiger partial charge in [0.25, 0.3) is 0 Å². The van der Waals surface area contributed by atoms with Gasteiger partial charge in [-0.1, -0.05) is 37.5 Å². The van der Waals surface area contributed by atoms with E-state index in [1.54, 1.807) is 24.3 Å². The molecule has 4 rings (SSSR count). The van der Waals surface area contributed by atoms with Crippen molar-refractivity contribution in [3.8, 4) is 0 Å². The minimum atomic E-state index is -0.876. The number of carbonyl (C=O) groups is 3. The standard InChI is InChI=1S/C21H26N2O5/c22-20(26)14-9-5-4-8-13(14)17(12-6-2-1-3-7-12)21(27)23-10-15(24)19-18(23)16(25)11-28-19/h4-5,8-9,12,15,17-19,24H,1-3,6-7,10-11H2,(H2,22,26)/t15-,17-,18+,19+/m0/s1. The number of fused-ring (bicyclic) bond motifs is 1. The van der Waals surface area contributed by atoms with Crippen LogP contribution in [0.2, 0.25) is 0 Å². The molecule has 2 heterocycles. The van der Waals surface area contributed by atoms with Crippen LogP contribution in [0.1, 0.15) is 53.9 Å². The Bertz CT molecular complexity index is 789. The highest BCUT2D eigenvalue weighted by molar-refractivity contribution is 5.99. The number of likely N-dealkylation sites (tertiary alicyclic amines) is 1. The summed E-state index contributed by atoms with van der Waals surface area (Å²) in [7, 11) is 0. The van der Waals surface area contributed by atoms with Crippen molar-refractivity contribution in [2.75, 3.05) is 13.2 Å². The van der Waals surface area contributed by atoms with Crippen molar-refractivity contribution in [1.29, 1.82) is 0 Å². The number of hydrogen-bond donors (Lipinski definition) is 2. The molecule has 7 nitrogen and oxygen atoms in total. The molecule has 0 unspecified atom stereocenters. The van der Waals surface area contributed by atoms with E-state index in [9.17, 15) is 19.5 Å². The van der Waals surface area contributed by atoms with Gasteiger partial charge in [-0.25, -0.2) is 0 Å². The van der Waals surface area contributed by atoms with Crippen molar-refractivity contribution in [1.82, 2.24) is 4.90 Å². The first kappa shape index (κ1) is 19.1. The van der Waals surface area contributed by atoms with E-state index in [1.165, 1.54) is 4.90 Å². The van der Waals surface area contributed by atoms with Crippen LogP contribution in [0, 0.1) is 5.92 Å². The molecule has 3 fully saturated rings.